The van der Waals surface area contributed by atoms with Crippen LogP contribution in [0.15, 0.2) is 36.8 Å². The van der Waals surface area contributed by atoms with E-state index in [2.05, 4.69) is 21.5 Å². The van der Waals surface area contributed by atoms with E-state index in [9.17, 15) is 14.7 Å². The zero-order valence-corrected chi connectivity index (χ0v) is 17.3. The zero-order chi connectivity index (χ0) is 21.7. The molecule has 0 bridgehead atoms. The molecule has 1 aliphatic heterocycles. The Morgan fingerprint density at radius 3 is 2.70 bits per heavy atom. The molecule has 4 N–H and O–H groups in total. The van der Waals surface area contributed by atoms with E-state index in [1.807, 2.05) is 38.1 Å². The van der Waals surface area contributed by atoms with Crippen molar-refractivity contribution in [3.8, 4) is 11.1 Å². The van der Waals surface area contributed by atoms with Crippen LogP contribution in [-0.2, 0) is 9.59 Å². The van der Waals surface area contributed by atoms with Gasteiger partial charge in [-0.05, 0) is 34.9 Å². The van der Waals surface area contributed by atoms with Gasteiger partial charge in [0, 0.05) is 6.54 Å². The molecule has 2 amide bonds. The number of aromatic nitrogens is 2. The number of hydrogen-bond donors (Lipinski definition) is 3. The molecule has 1 aromatic carbocycles. The van der Waals surface area contributed by atoms with E-state index >= 15 is 0 Å². The molecular formula is C22H28N5O3+. The largest absolute Gasteiger partial charge is 0.394 e. The number of likely N-dealkylation sites (tertiary alicyclic amines) is 1. The maximum absolute atomic E-state index is 12.9. The lowest BCUT2D eigenvalue weighted by Gasteiger charge is -2.29. The van der Waals surface area contributed by atoms with Gasteiger partial charge in [0.2, 0.25) is 11.8 Å². The monoisotopic (exact) mass is 410 g/mol. The van der Waals surface area contributed by atoms with Crippen molar-refractivity contribution in [1.29, 1.82) is 0 Å². The molecule has 2 aromatic rings. The van der Waals surface area contributed by atoms with E-state index in [-0.39, 0.29) is 24.3 Å². The summed E-state index contributed by atoms with van der Waals surface area (Å²) in [5, 5.41) is 12.7. The minimum absolute atomic E-state index is 0.00206. The minimum atomic E-state index is -0.627. The van der Waals surface area contributed by atoms with Crippen LogP contribution in [0.5, 0.6) is 0 Å². The highest BCUT2D eigenvalue weighted by Gasteiger charge is 2.37. The second-order valence-corrected chi connectivity index (χ2v) is 7.87. The molecule has 1 saturated heterocycles. The van der Waals surface area contributed by atoms with Gasteiger partial charge in [0.1, 0.15) is 11.6 Å². The van der Waals surface area contributed by atoms with Gasteiger partial charge in [-0.1, -0.05) is 38.1 Å². The summed E-state index contributed by atoms with van der Waals surface area (Å²) < 4.78 is 0. The molecule has 0 aliphatic carbocycles. The standard InChI is InChI=1S/C22H27N5O3/c1-14(2)20(23)22(30)27-9-3-4-19(27)21(29)26-18(12-28)16-7-5-15(6-8-16)17-10-24-13-25-11-17/h5-8,10,13-14,18-20,28H,3-4,9,12,23H2,1-2H3/p+1/t18-,19-,20-/m0/s1. The van der Waals surface area contributed by atoms with Crippen LogP contribution < -0.4 is 16.0 Å². The molecule has 0 saturated carbocycles. The normalized spacial score (nSPS) is 18.0. The summed E-state index contributed by atoms with van der Waals surface area (Å²) in [5.74, 6) is -0.476. The number of nitrogens with one attached hydrogen (secondary N) is 1. The molecule has 8 nitrogen and oxygen atoms in total. The Kier molecular flexibility index (Phi) is 6.98. The first-order valence-corrected chi connectivity index (χ1v) is 10.2. The van der Waals surface area contributed by atoms with Crippen LogP contribution in [0.2, 0.25) is 0 Å². The average Bonchev–Trinajstić information content (AvgIpc) is 3.27. The number of carbonyl (C=O) groups is 2. The van der Waals surface area contributed by atoms with Crippen molar-refractivity contribution in [2.75, 3.05) is 13.2 Å². The third kappa shape index (κ3) is 4.75. The summed E-state index contributed by atoms with van der Waals surface area (Å²) in [5.41, 5.74) is 8.42. The maximum Gasteiger partial charge on any atom is 0.390 e. The Morgan fingerprint density at radius 1 is 1.37 bits per heavy atom. The van der Waals surface area contributed by atoms with Crippen molar-refractivity contribution in [2.45, 2.75) is 44.8 Å². The second-order valence-electron chi connectivity index (χ2n) is 7.87. The summed E-state index contributed by atoms with van der Waals surface area (Å²) in [6.07, 6.45) is 7.29. The van der Waals surface area contributed by atoms with Crippen molar-refractivity contribution in [3.05, 3.63) is 48.5 Å². The van der Waals surface area contributed by atoms with Crippen molar-refractivity contribution >= 4 is 11.8 Å². The number of carbonyl (C=O) groups excluding carboxylic acids is 2. The lowest BCUT2D eigenvalue weighted by Crippen LogP contribution is -2.53. The maximum atomic E-state index is 12.9. The van der Waals surface area contributed by atoms with Crippen LogP contribution in [0.3, 0.4) is 0 Å². The molecule has 2 heterocycles. The van der Waals surface area contributed by atoms with E-state index in [0.717, 1.165) is 23.1 Å². The van der Waals surface area contributed by atoms with Gasteiger partial charge < -0.3 is 21.1 Å². The molecule has 0 unspecified atom stereocenters. The Bertz CT molecular complexity index is 857. The molecule has 0 spiro atoms. The highest BCUT2D eigenvalue weighted by atomic mass is 16.3. The van der Waals surface area contributed by atoms with Gasteiger partial charge in [-0.2, -0.15) is 4.98 Å². The number of aliphatic hydroxyl groups is 1. The Hall–Kier alpha value is -3.02. The lowest BCUT2D eigenvalue weighted by atomic mass is 10.0. The molecular weight excluding hydrogens is 382 g/mol. The van der Waals surface area contributed by atoms with Crippen LogP contribution in [0.4, 0.5) is 0 Å². The van der Waals surface area contributed by atoms with Crippen molar-refractivity contribution in [1.82, 2.24) is 15.2 Å². The Labute approximate surface area is 176 Å². The molecule has 3 rings (SSSR count). The van der Waals surface area contributed by atoms with Crippen molar-refractivity contribution in [3.63, 3.8) is 0 Å². The zero-order valence-electron chi connectivity index (χ0n) is 17.3. The van der Waals surface area contributed by atoms with Gasteiger partial charge in [-0.15, -0.1) is 0 Å². The minimum Gasteiger partial charge on any atom is -0.394 e. The summed E-state index contributed by atoms with van der Waals surface area (Å²) in [6, 6.07) is 5.65. The van der Waals surface area contributed by atoms with E-state index in [0.29, 0.717) is 13.0 Å². The van der Waals surface area contributed by atoms with E-state index in [1.54, 1.807) is 11.1 Å². The number of hydrogen-bond acceptors (Lipinski definition) is 5. The second kappa shape index (κ2) is 9.65. The Morgan fingerprint density at radius 2 is 2.10 bits per heavy atom. The molecule has 0 radical (unpaired) electrons. The first-order valence-electron chi connectivity index (χ1n) is 10.2. The van der Waals surface area contributed by atoms with Crippen molar-refractivity contribution in [2.24, 2.45) is 11.7 Å². The first kappa shape index (κ1) is 21.7. The molecule has 3 atom stereocenters. The fraction of sp³-hybridized carbons (Fsp3) is 0.455. The predicted molar refractivity (Wildman–Crippen MR) is 110 cm³/mol. The van der Waals surface area contributed by atoms with Gasteiger partial charge in [-0.25, -0.2) is 0 Å². The van der Waals surface area contributed by atoms with E-state index < -0.39 is 18.1 Å². The molecule has 30 heavy (non-hydrogen) atoms. The molecule has 1 fully saturated rings. The summed E-state index contributed by atoms with van der Waals surface area (Å²) >= 11 is 0. The fourth-order valence-corrected chi connectivity index (χ4v) is 3.58. The fourth-order valence-electron chi connectivity index (χ4n) is 3.58. The number of aliphatic hydroxyl groups excluding tert-OH is 1. The molecule has 1 aromatic heterocycles. The van der Waals surface area contributed by atoms with Crippen LogP contribution in [0.1, 0.15) is 38.3 Å². The van der Waals surface area contributed by atoms with E-state index in [1.165, 1.54) is 6.33 Å². The van der Waals surface area contributed by atoms with Crippen LogP contribution in [-0.4, -0.2) is 52.0 Å². The summed E-state index contributed by atoms with van der Waals surface area (Å²) in [6.45, 7) is 4.04. The van der Waals surface area contributed by atoms with Gasteiger partial charge in [0.05, 0.1) is 18.7 Å². The van der Waals surface area contributed by atoms with Gasteiger partial charge in [0.25, 0.3) is 0 Å². The average molecular weight is 410 g/mol. The van der Waals surface area contributed by atoms with Gasteiger partial charge >= 0.3 is 6.33 Å². The number of nitrogens with zero attached hydrogens (tertiary/aromatic N) is 3. The lowest BCUT2D eigenvalue weighted by molar-refractivity contribution is -0.298. The highest BCUT2D eigenvalue weighted by molar-refractivity contribution is 5.90. The molecule has 1 aliphatic rings. The number of nitrogens with two attached hydrogens (primary N) is 1. The quantitative estimate of drug-likeness (QED) is 0.602. The van der Waals surface area contributed by atoms with Crippen LogP contribution in [0, 0.1) is 12.1 Å². The summed E-state index contributed by atoms with van der Waals surface area (Å²) in [4.78, 5) is 35.0. The smallest absolute Gasteiger partial charge is 0.390 e. The third-order valence-electron chi connectivity index (χ3n) is 5.48. The van der Waals surface area contributed by atoms with E-state index in [4.69, 9.17) is 5.73 Å². The number of benzene rings is 1. The van der Waals surface area contributed by atoms with Crippen LogP contribution in [0.25, 0.3) is 11.1 Å². The summed E-state index contributed by atoms with van der Waals surface area (Å²) in [7, 11) is 0. The highest BCUT2D eigenvalue weighted by Crippen LogP contribution is 2.23. The van der Waals surface area contributed by atoms with Gasteiger partial charge in [-0.3, -0.25) is 9.59 Å². The SMILES string of the molecule is CC(C)[C@H](N)C(=O)N1CCC[C@H]1C(=O)N[C@@H](CO)c1ccc(-c2c#[n+]cnc2)cc1. The topological polar surface area (TPSA) is 123 Å². The molecule has 158 valence electrons. The first-order chi connectivity index (χ1) is 14.4. The van der Waals surface area contributed by atoms with Crippen LogP contribution >= 0.6 is 0 Å². The molecule has 8 heteroatoms. The third-order valence-corrected chi connectivity index (χ3v) is 5.48. The van der Waals surface area contributed by atoms with Gasteiger partial charge in [0.15, 0.2) is 12.4 Å². The number of amides is 2. The predicted octanol–water partition coefficient (Wildman–Crippen LogP) is 0.273. The van der Waals surface area contributed by atoms with Crippen molar-refractivity contribution < 1.29 is 19.7 Å². The number of rotatable bonds is 7. The Balaban J connectivity index is 1.69.